The van der Waals surface area contributed by atoms with E-state index >= 15 is 0 Å². The molecule has 4 rings (SSSR count). The number of carbonyl (C=O) groups is 1. The molecule has 0 saturated carbocycles. The summed E-state index contributed by atoms with van der Waals surface area (Å²) in [6.07, 6.45) is 6.01. The van der Waals surface area contributed by atoms with Crippen LogP contribution in [0.4, 0.5) is 4.39 Å². The van der Waals surface area contributed by atoms with Crippen LogP contribution >= 0.6 is 0 Å². The SMILES string of the molecule is O=C(NCc1ccccn1)C1CCCN(C2CCN(Cc3cccc(F)c3)CC2)C1. The molecule has 1 aromatic heterocycles. The second-order valence-corrected chi connectivity index (χ2v) is 8.51. The maximum absolute atomic E-state index is 13.4. The van der Waals surface area contributed by atoms with Crippen molar-refractivity contribution in [1.29, 1.82) is 0 Å². The van der Waals surface area contributed by atoms with Crippen molar-refractivity contribution in [3.05, 3.63) is 65.7 Å². The molecule has 2 saturated heterocycles. The van der Waals surface area contributed by atoms with Gasteiger partial charge in [0.1, 0.15) is 5.82 Å². The zero-order valence-electron chi connectivity index (χ0n) is 17.5. The van der Waals surface area contributed by atoms with Gasteiger partial charge in [0.2, 0.25) is 5.91 Å². The van der Waals surface area contributed by atoms with E-state index in [2.05, 4.69) is 20.1 Å². The van der Waals surface area contributed by atoms with Gasteiger partial charge in [-0.25, -0.2) is 4.39 Å². The number of piperidine rings is 2. The van der Waals surface area contributed by atoms with Crippen LogP contribution in [0.15, 0.2) is 48.7 Å². The Morgan fingerprint density at radius 3 is 2.73 bits per heavy atom. The molecule has 6 heteroatoms. The van der Waals surface area contributed by atoms with Crippen molar-refractivity contribution in [2.75, 3.05) is 26.2 Å². The standard InChI is InChI=1S/C24H31FN4O/c25-21-7-3-5-19(15-21)17-28-13-9-23(10-14-28)29-12-4-6-20(18-29)24(30)27-16-22-8-1-2-11-26-22/h1-3,5,7-8,11,15,20,23H,4,6,9-10,12-14,16-18H2,(H,27,30). The van der Waals surface area contributed by atoms with Crippen molar-refractivity contribution in [3.8, 4) is 0 Å². The van der Waals surface area contributed by atoms with E-state index in [1.807, 2.05) is 24.3 Å². The Bertz CT molecular complexity index is 823. The largest absolute Gasteiger partial charge is 0.350 e. The van der Waals surface area contributed by atoms with Gasteiger partial charge in [-0.3, -0.25) is 19.6 Å². The Morgan fingerprint density at radius 1 is 1.10 bits per heavy atom. The molecule has 2 aliphatic heterocycles. The third-order valence-corrected chi connectivity index (χ3v) is 6.36. The smallest absolute Gasteiger partial charge is 0.224 e. The fourth-order valence-corrected chi connectivity index (χ4v) is 4.71. The summed E-state index contributed by atoms with van der Waals surface area (Å²) in [5.41, 5.74) is 1.93. The van der Waals surface area contributed by atoms with E-state index in [0.29, 0.717) is 12.6 Å². The summed E-state index contributed by atoms with van der Waals surface area (Å²) in [6.45, 7) is 5.28. The number of halogens is 1. The molecule has 2 aliphatic rings. The van der Waals surface area contributed by atoms with Crippen molar-refractivity contribution in [1.82, 2.24) is 20.1 Å². The number of nitrogens with one attached hydrogen (secondary N) is 1. The van der Waals surface area contributed by atoms with E-state index in [9.17, 15) is 9.18 Å². The topological polar surface area (TPSA) is 48.5 Å². The number of hydrogen-bond donors (Lipinski definition) is 1. The van der Waals surface area contributed by atoms with Crippen molar-refractivity contribution >= 4 is 5.91 Å². The first-order valence-electron chi connectivity index (χ1n) is 11.1. The average molecular weight is 411 g/mol. The van der Waals surface area contributed by atoms with E-state index in [0.717, 1.165) is 69.7 Å². The van der Waals surface area contributed by atoms with Crippen LogP contribution in [0.25, 0.3) is 0 Å². The van der Waals surface area contributed by atoms with E-state index in [-0.39, 0.29) is 17.6 Å². The van der Waals surface area contributed by atoms with Gasteiger partial charge >= 0.3 is 0 Å². The minimum Gasteiger partial charge on any atom is -0.350 e. The molecule has 1 N–H and O–H groups in total. The predicted molar refractivity (Wildman–Crippen MR) is 115 cm³/mol. The lowest BCUT2D eigenvalue weighted by Gasteiger charge is -2.42. The quantitative estimate of drug-likeness (QED) is 0.795. The Labute approximate surface area is 178 Å². The molecule has 1 unspecified atom stereocenters. The molecule has 5 nitrogen and oxygen atoms in total. The normalized spacial score (nSPS) is 21.4. The van der Waals surface area contributed by atoms with Crippen molar-refractivity contribution in [2.45, 2.75) is 44.8 Å². The Hall–Kier alpha value is -2.31. The van der Waals surface area contributed by atoms with Gasteiger partial charge in [0, 0.05) is 25.3 Å². The second kappa shape index (κ2) is 10.1. The zero-order chi connectivity index (χ0) is 20.8. The fraction of sp³-hybridized carbons (Fsp3) is 0.500. The molecule has 2 aromatic rings. The first-order valence-corrected chi connectivity index (χ1v) is 11.1. The van der Waals surface area contributed by atoms with Gasteiger partial charge in [-0.1, -0.05) is 18.2 Å². The van der Waals surface area contributed by atoms with Crippen LogP contribution in [0.1, 0.15) is 36.9 Å². The van der Waals surface area contributed by atoms with Gasteiger partial charge in [-0.15, -0.1) is 0 Å². The molecular weight excluding hydrogens is 379 g/mol. The number of hydrogen-bond acceptors (Lipinski definition) is 4. The maximum atomic E-state index is 13.4. The second-order valence-electron chi connectivity index (χ2n) is 8.51. The molecule has 30 heavy (non-hydrogen) atoms. The van der Waals surface area contributed by atoms with E-state index < -0.39 is 0 Å². The Morgan fingerprint density at radius 2 is 1.97 bits per heavy atom. The third kappa shape index (κ3) is 5.64. The summed E-state index contributed by atoms with van der Waals surface area (Å²) in [5, 5.41) is 3.06. The van der Waals surface area contributed by atoms with Crippen LogP contribution in [0.5, 0.6) is 0 Å². The van der Waals surface area contributed by atoms with Crippen molar-refractivity contribution in [3.63, 3.8) is 0 Å². The summed E-state index contributed by atoms with van der Waals surface area (Å²) in [6, 6.07) is 13.2. The molecule has 2 fully saturated rings. The van der Waals surface area contributed by atoms with Gasteiger partial charge in [-0.05, 0) is 75.1 Å². The number of pyridine rings is 1. The molecule has 1 aromatic carbocycles. The molecule has 160 valence electrons. The van der Waals surface area contributed by atoms with Crippen LogP contribution < -0.4 is 5.32 Å². The van der Waals surface area contributed by atoms with Crippen LogP contribution in [0.2, 0.25) is 0 Å². The number of aromatic nitrogens is 1. The molecular formula is C24H31FN4O. The number of nitrogens with zero attached hydrogens (tertiary/aromatic N) is 3. The van der Waals surface area contributed by atoms with E-state index in [1.54, 1.807) is 18.3 Å². The molecule has 0 aliphatic carbocycles. The van der Waals surface area contributed by atoms with Gasteiger partial charge in [-0.2, -0.15) is 0 Å². The first-order chi connectivity index (χ1) is 14.7. The molecule has 0 radical (unpaired) electrons. The lowest BCUT2D eigenvalue weighted by atomic mass is 9.93. The number of carbonyl (C=O) groups excluding carboxylic acids is 1. The average Bonchev–Trinajstić information content (AvgIpc) is 2.79. The zero-order valence-corrected chi connectivity index (χ0v) is 17.5. The maximum Gasteiger partial charge on any atom is 0.224 e. The molecule has 1 amide bonds. The number of likely N-dealkylation sites (tertiary alicyclic amines) is 2. The van der Waals surface area contributed by atoms with Crippen molar-refractivity contribution in [2.24, 2.45) is 5.92 Å². The highest BCUT2D eigenvalue weighted by molar-refractivity contribution is 5.78. The lowest BCUT2D eigenvalue weighted by Crippen LogP contribution is -2.50. The van der Waals surface area contributed by atoms with Gasteiger partial charge in [0.05, 0.1) is 18.2 Å². The summed E-state index contributed by atoms with van der Waals surface area (Å²) < 4.78 is 13.4. The predicted octanol–water partition coefficient (Wildman–Crippen LogP) is 3.21. The van der Waals surface area contributed by atoms with E-state index in [1.165, 1.54) is 6.07 Å². The number of amides is 1. The van der Waals surface area contributed by atoms with Crippen LogP contribution in [-0.2, 0) is 17.9 Å². The summed E-state index contributed by atoms with van der Waals surface area (Å²) in [4.78, 5) is 21.9. The third-order valence-electron chi connectivity index (χ3n) is 6.36. The number of rotatable bonds is 6. The van der Waals surface area contributed by atoms with Crippen molar-refractivity contribution < 1.29 is 9.18 Å². The number of benzene rings is 1. The van der Waals surface area contributed by atoms with E-state index in [4.69, 9.17) is 0 Å². The summed E-state index contributed by atoms with van der Waals surface area (Å²) >= 11 is 0. The Kier molecular flexibility index (Phi) is 7.07. The highest BCUT2D eigenvalue weighted by Crippen LogP contribution is 2.25. The van der Waals surface area contributed by atoms with Gasteiger partial charge < -0.3 is 5.32 Å². The van der Waals surface area contributed by atoms with Gasteiger partial charge in [0.25, 0.3) is 0 Å². The summed E-state index contributed by atoms with van der Waals surface area (Å²) in [5.74, 6) is 0.0461. The molecule has 1 atom stereocenters. The highest BCUT2D eigenvalue weighted by atomic mass is 19.1. The minimum atomic E-state index is -0.164. The molecule has 0 spiro atoms. The lowest BCUT2D eigenvalue weighted by molar-refractivity contribution is -0.127. The monoisotopic (exact) mass is 410 g/mol. The molecule has 0 bridgehead atoms. The van der Waals surface area contributed by atoms with Crippen LogP contribution in [0, 0.1) is 11.7 Å². The highest BCUT2D eigenvalue weighted by Gasteiger charge is 2.31. The van der Waals surface area contributed by atoms with Crippen LogP contribution in [-0.4, -0.2) is 52.9 Å². The minimum absolute atomic E-state index is 0.0628. The Balaban J connectivity index is 1.23. The molecule has 3 heterocycles. The summed E-state index contributed by atoms with van der Waals surface area (Å²) in [7, 11) is 0. The van der Waals surface area contributed by atoms with Crippen LogP contribution in [0.3, 0.4) is 0 Å². The fourth-order valence-electron chi connectivity index (χ4n) is 4.71. The van der Waals surface area contributed by atoms with Gasteiger partial charge in [0.15, 0.2) is 0 Å². The first kappa shape index (κ1) is 20.9.